The van der Waals surface area contributed by atoms with Crippen LogP contribution in [0.1, 0.15) is 31.9 Å². The van der Waals surface area contributed by atoms with Crippen molar-refractivity contribution >= 4 is 0 Å². The van der Waals surface area contributed by atoms with E-state index in [2.05, 4.69) is 36.6 Å². The highest BCUT2D eigenvalue weighted by molar-refractivity contribution is 5.23. The van der Waals surface area contributed by atoms with Crippen LogP contribution in [0.2, 0.25) is 0 Å². The number of benzene rings is 1. The number of nitrogens with one attached hydrogen (secondary N) is 1. The van der Waals surface area contributed by atoms with Crippen LogP contribution in [0.3, 0.4) is 0 Å². The molecule has 1 unspecified atom stereocenters. The minimum Gasteiger partial charge on any atom is -0.377 e. The van der Waals surface area contributed by atoms with E-state index in [4.69, 9.17) is 10.6 Å². The van der Waals surface area contributed by atoms with Crippen LogP contribution in [-0.2, 0) is 17.6 Å². The molecule has 0 spiro atoms. The molecule has 0 saturated carbocycles. The first-order valence-electron chi connectivity index (χ1n) is 6.12. The number of nitrogens with two attached hydrogens (primary N) is 1. The molecule has 3 heteroatoms. The van der Waals surface area contributed by atoms with Crippen LogP contribution in [0.5, 0.6) is 0 Å². The first-order valence-corrected chi connectivity index (χ1v) is 6.12. The minimum atomic E-state index is -0.280. The summed E-state index contributed by atoms with van der Waals surface area (Å²) in [6.07, 6.45) is 1.93. The first kappa shape index (κ1) is 14.2. The van der Waals surface area contributed by atoms with Gasteiger partial charge in [-0.2, -0.15) is 0 Å². The Balaban J connectivity index is 2.73. The summed E-state index contributed by atoms with van der Waals surface area (Å²) in [5.74, 6) is 5.61. The van der Waals surface area contributed by atoms with Gasteiger partial charge in [0.15, 0.2) is 0 Å². The molecule has 0 aliphatic carbocycles. The maximum absolute atomic E-state index is 5.61. The smallest absolute Gasteiger partial charge is 0.0791 e. The summed E-state index contributed by atoms with van der Waals surface area (Å²) in [6, 6.07) is 8.76. The van der Waals surface area contributed by atoms with Crippen molar-refractivity contribution in [2.75, 3.05) is 7.11 Å². The van der Waals surface area contributed by atoms with Crippen LogP contribution >= 0.6 is 0 Å². The fourth-order valence-corrected chi connectivity index (χ4v) is 1.79. The molecular formula is C14H24N2O. The summed E-state index contributed by atoms with van der Waals surface area (Å²) >= 11 is 0. The van der Waals surface area contributed by atoms with Crippen LogP contribution in [0.4, 0.5) is 0 Å². The van der Waals surface area contributed by atoms with Gasteiger partial charge in [0, 0.05) is 7.11 Å². The molecule has 96 valence electrons. The second-order valence-electron chi connectivity index (χ2n) is 4.90. The lowest BCUT2D eigenvalue weighted by Crippen LogP contribution is -2.52. The molecule has 0 heterocycles. The van der Waals surface area contributed by atoms with Gasteiger partial charge in [-0.25, -0.2) is 0 Å². The van der Waals surface area contributed by atoms with Crippen LogP contribution < -0.4 is 11.3 Å². The number of aryl methyl sites for hydroxylation is 1. The number of hydrogen-bond acceptors (Lipinski definition) is 3. The summed E-state index contributed by atoms with van der Waals surface area (Å²) in [6.45, 7) is 6.24. The molecule has 0 saturated heterocycles. The van der Waals surface area contributed by atoms with E-state index >= 15 is 0 Å². The van der Waals surface area contributed by atoms with Crippen molar-refractivity contribution in [3.63, 3.8) is 0 Å². The summed E-state index contributed by atoms with van der Waals surface area (Å²) in [7, 11) is 1.71. The summed E-state index contributed by atoms with van der Waals surface area (Å²) in [5, 5.41) is 0. The average molecular weight is 236 g/mol. The highest BCUT2D eigenvalue weighted by atomic mass is 16.5. The topological polar surface area (TPSA) is 47.3 Å². The third kappa shape index (κ3) is 3.80. The van der Waals surface area contributed by atoms with Crippen molar-refractivity contribution in [3.05, 3.63) is 35.4 Å². The predicted octanol–water partition coefficient (Wildman–Crippen LogP) is 2.05. The molecule has 1 rings (SSSR count). The Morgan fingerprint density at radius 2 is 1.76 bits per heavy atom. The number of hydrogen-bond donors (Lipinski definition) is 2. The van der Waals surface area contributed by atoms with E-state index in [1.165, 1.54) is 11.1 Å². The van der Waals surface area contributed by atoms with Crippen molar-refractivity contribution in [1.82, 2.24) is 5.43 Å². The van der Waals surface area contributed by atoms with E-state index < -0.39 is 0 Å². The van der Waals surface area contributed by atoms with Gasteiger partial charge in [0.2, 0.25) is 0 Å². The number of ether oxygens (including phenoxy) is 1. The normalized spacial score (nSPS) is 13.7. The molecule has 0 bridgehead atoms. The van der Waals surface area contributed by atoms with Crippen molar-refractivity contribution < 1.29 is 4.74 Å². The summed E-state index contributed by atoms with van der Waals surface area (Å²) < 4.78 is 5.47. The molecule has 0 fully saturated rings. The van der Waals surface area contributed by atoms with E-state index in [0.29, 0.717) is 0 Å². The van der Waals surface area contributed by atoms with Crippen molar-refractivity contribution in [3.8, 4) is 0 Å². The van der Waals surface area contributed by atoms with Gasteiger partial charge in [-0.3, -0.25) is 11.3 Å². The van der Waals surface area contributed by atoms with E-state index in [9.17, 15) is 0 Å². The lowest BCUT2D eigenvalue weighted by atomic mass is 9.92. The lowest BCUT2D eigenvalue weighted by Gasteiger charge is -2.32. The molecule has 1 aromatic carbocycles. The maximum atomic E-state index is 5.61. The van der Waals surface area contributed by atoms with Crippen LogP contribution in [-0.4, -0.2) is 18.8 Å². The third-order valence-corrected chi connectivity index (χ3v) is 3.44. The van der Waals surface area contributed by atoms with Gasteiger partial charge >= 0.3 is 0 Å². The maximum Gasteiger partial charge on any atom is 0.0791 e. The lowest BCUT2D eigenvalue weighted by molar-refractivity contribution is -0.0101. The molecule has 0 aliphatic rings. The molecule has 1 aromatic rings. The molecule has 17 heavy (non-hydrogen) atoms. The van der Waals surface area contributed by atoms with Gasteiger partial charge in [0.25, 0.3) is 0 Å². The van der Waals surface area contributed by atoms with E-state index in [1.807, 2.05) is 13.8 Å². The molecule has 0 amide bonds. The summed E-state index contributed by atoms with van der Waals surface area (Å²) in [4.78, 5) is 0. The highest BCUT2D eigenvalue weighted by Crippen LogP contribution is 2.18. The van der Waals surface area contributed by atoms with E-state index in [1.54, 1.807) is 7.11 Å². The minimum absolute atomic E-state index is 0.0972. The molecular weight excluding hydrogens is 212 g/mol. The number of rotatable bonds is 6. The first-order chi connectivity index (χ1) is 8.03. The summed E-state index contributed by atoms with van der Waals surface area (Å²) in [5.41, 5.74) is 5.20. The molecule has 1 atom stereocenters. The van der Waals surface area contributed by atoms with Gasteiger partial charge in [0.05, 0.1) is 11.6 Å². The zero-order chi connectivity index (χ0) is 12.9. The Morgan fingerprint density at radius 3 is 2.18 bits per heavy atom. The standard InChI is InChI=1S/C14H24N2O/c1-5-11-6-8-12(9-7-11)10-13(16-15)14(2,3)17-4/h6-9,13,16H,5,10,15H2,1-4H3. The second-order valence-corrected chi connectivity index (χ2v) is 4.90. The van der Waals surface area contributed by atoms with E-state index in [0.717, 1.165) is 12.8 Å². The molecule has 0 radical (unpaired) electrons. The van der Waals surface area contributed by atoms with Crippen molar-refractivity contribution in [2.24, 2.45) is 5.84 Å². The Hall–Kier alpha value is -0.900. The van der Waals surface area contributed by atoms with E-state index in [-0.39, 0.29) is 11.6 Å². The second kappa shape index (κ2) is 6.15. The largest absolute Gasteiger partial charge is 0.377 e. The molecule has 0 aromatic heterocycles. The number of hydrazine groups is 1. The van der Waals surface area contributed by atoms with Crippen LogP contribution in [0.15, 0.2) is 24.3 Å². The van der Waals surface area contributed by atoms with Gasteiger partial charge < -0.3 is 4.74 Å². The average Bonchev–Trinajstić information content (AvgIpc) is 2.36. The van der Waals surface area contributed by atoms with Crippen LogP contribution in [0.25, 0.3) is 0 Å². The fraction of sp³-hybridized carbons (Fsp3) is 0.571. The van der Waals surface area contributed by atoms with Gasteiger partial charge in [-0.15, -0.1) is 0 Å². The monoisotopic (exact) mass is 236 g/mol. The number of methoxy groups -OCH3 is 1. The quantitative estimate of drug-likeness (QED) is 0.587. The van der Waals surface area contributed by atoms with Gasteiger partial charge in [-0.05, 0) is 37.8 Å². The molecule has 3 N–H and O–H groups in total. The highest BCUT2D eigenvalue weighted by Gasteiger charge is 2.28. The Labute approximate surface area is 104 Å². The zero-order valence-corrected chi connectivity index (χ0v) is 11.3. The molecule has 0 aliphatic heterocycles. The van der Waals surface area contributed by atoms with Crippen molar-refractivity contribution in [2.45, 2.75) is 45.3 Å². The fourth-order valence-electron chi connectivity index (χ4n) is 1.79. The van der Waals surface area contributed by atoms with Crippen LogP contribution in [0, 0.1) is 0 Å². The Morgan fingerprint density at radius 1 is 1.24 bits per heavy atom. The SMILES string of the molecule is CCc1ccc(CC(NN)C(C)(C)OC)cc1. The Kier molecular flexibility index (Phi) is 5.12. The molecule has 3 nitrogen and oxygen atoms in total. The zero-order valence-electron chi connectivity index (χ0n) is 11.3. The van der Waals surface area contributed by atoms with Crippen molar-refractivity contribution in [1.29, 1.82) is 0 Å². The van der Waals surface area contributed by atoms with Gasteiger partial charge in [-0.1, -0.05) is 31.2 Å². The Bertz CT molecular complexity index is 333. The predicted molar refractivity (Wildman–Crippen MR) is 71.7 cm³/mol. The third-order valence-electron chi connectivity index (χ3n) is 3.44. The van der Waals surface area contributed by atoms with Gasteiger partial charge in [0.1, 0.15) is 0 Å².